The van der Waals surface area contributed by atoms with Gasteiger partial charge in [0.05, 0.1) is 42.7 Å². The van der Waals surface area contributed by atoms with Crippen LogP contribution in [-0.2, 0) is 9.59 Å². The monoisotopic (exact) mass is 564 g/mol. The Kier molecular flexibility index (Phi) is 7.45. The van der Waals surface area contributed by atoms with Crippen molar-refractivity contribution in [3.8, 4) is 17.2 Å². The summed E-state index contributed by atoms with van der Waals surface area (Å²) in [5, 5.41) is 12.3. The molecule has 5 rings (SSSR count). The van der Waals surface area contributed by atoms with E-state index in [1.807, 2.05) is 6.92 Å². The molecule has 2 heterocycles. The molecule has 0 aliphatic carbocycles. The first-order valence-electron chi connectivity index (χ1n) is 12.2. The molecule has 1 saturated heterocycles. The van der Waals surface area contributed by atoms with Gasteiger partial charge in [-0.25, -0.2) is 4.98 Å². The molecule has 1 aromatic heterocycles. The van der Waals surface area contributed by atoms with Gasteiger partial charge in [0.1, 0.15) is 11.5 Å². The molecular formula is C29H25ClN2O6S. The van der Waals surface area contributed by atoms with Gasteiger partial charge in [-0.3, -0.25) is 14.5 Å². The van der Waals surface area contributed by atoms with E-state index in [2.05, 4.69) is 4.98 Å². The Hall–Kier alpha value is -4.08. The molecule has 0 spiro atoms. The average molecular weight is 565 g/mol. The largest absolute Gasteiger partial charge is 0.507 e. The highest BCUT2D eigenvalue weighted by molar-refractivity contribution is 7.22. The van der Waals surface area contributed by atoms with Crippen LogP contribution in [0.5, 0.6) is 17.2 Å². The minimum atomic E-state index is -0.975. The lowest BCUT2D eigenvalue weighted by molar-refractivity contribution is -0.132. The summed E-state index contributed by atoms with van der Waals surface area (Å²) in [6.45, 7) is 2.57. The summed E-state index contributed by atoms with van der Waals surface area (Å²) in [6.07, 6.45) is 0.856. The molecule has 3 aromatic carbocycles. The summed E-state index contributed by atoms with van der Waals surface area (Å²) in [6, 6.07) is 16.1. The number of thiazole rings is 1. The van der Waals surface area contributed by atoms with Gasteiger partial charge in [-0.1, -0.05) is 35.9 Å². The van der Waals surface area contributed by atoms with E-state index >= 15 is 0 Å². The molecule has 1 aliphatic heterocycles. The molecule has 0 bridgehead atoms. The SMILES string of the molecule is CCCOc1ccc(C(O)=C2C(=O)C(=O)N(c3nc4ccc(Cl)cc4s3)C2c2ccc(OC)c(OC)c2)cc1. The Morgan fingerprint density at radius 3 is 2.46 bits per heavy atom. The van der Waals surface area contributed by atoms with Gasteiger partial charge in [-0.15, -0.1) is 0 Å². The van der Waals surface area contributed by atoms with Crippen LogP contribution in [0, 0.1) is 0 Å². The van der Waals surface area contributed by atoms with Gasteiger partial charge in [-0.05, 0) is 66.6 Å². The lowest BCUT2D eigenvalue weighted by Gasteiger charge is -2.23. The first kappa shape index (κ1) is 26.5. The van der Waals surface area contributed by atoms with Gasteiger partial charge < -0.3 is 19.3 Å². The first-order valence-corrected chi connectivity index (χ1v) is 13.4. The summed E-state index contributed by atoms with van der Waals surface area (Å²) < 4.78 is 17.2. The van der Waals surface area contributed by atoms with Crippen LogP contribution in [0.3, 0.4) is 0 Å². The number of fused-ring (bicyclic) bond motifs is 1. The normalized spacial score (nSPS) is 16.6. The van der Waals surface area contributed by atoms with Crippen LogP contribution in [0.4, 0.5) is 5.13 Å². The van der Waals surface area contributed by atoms with Crippen molar-refractivity contribution < 1.29 is 28.9 Å². The number of aliphatic hydroxyl groups is 1. The highest BCUT2D eigenvalue weighted by atomic mass is 35.5. The summed E-state index contributed by atoms with van der Waals surface area (Å²) >= 11 is 7.40. The number of hydrogen-bond donors (Lipinski definition) is 1. The number of carbonyl (C=O) groups excluding carboxylic acids is 2. The fourth-order valence-electron chi connectivity index (χ4n) is 4.44. The van der Waals surface area contributed by atoms with Crippen molar-refractivity contribution in [3.05, 3.63) is 82.4 Å². The van der Waals surface area contributed by atoms with Crippen molar-refractivity contribution in [1.82, 2.24) is 4.98 Å². The number of hydrogen-bond acceptors (Lipinski definition) is 8. The summed E-state index contributed by atoms with van der Waals surface area (Å²) in [5.41, 5.74) is 1.48. The van der Waals surface area contributed by atoms with Crippen molar-refractivity contribution in [1.29, 1.82) is 0 Å². The van der Waals surface area contributed by atoms with E-state index in [1.165, 1.54) is 30.5 Å². The average Bonchev–Trinajstić information content (AvgIpc) is 3.48. The zero-order valence-electron chi connectivity index (χ0n) is 21.4. The second-order valence-electron chi connectivity index (χ2n) is 8.76. The van der Waals surface area contributed by atoms with Crippen LogP contribution in [0.15, 0.2) is 66.2 Å². The summed E-state index contributed by atoms with van der Waals surface area (Å²) in [4.78, 5) is 33.0. The second kappa shape index (κ2) is 11.0. The van der Waals surface area contributed by atoms with E-state index in [0.29, 0.717) is 50.7 Å². The highest BCUT2D eigenvalue weighted by Gasteiger charge is 2.48. The second-order valence-corrected chi connectivity index (χ2v) is 10.2. The van der Waals surface area contributed by atoms with Crippen molar-refractivity contribution in [2.24, 2.45) is 0 Å². The van der Waals surface area contributed by atoms with Crippen molar-refractivity contribution in [2.45, 2.75) is 19.4 Å². The van der Waals surface area contributed by atoms with E-state index in [9.17, 15) is 14.7 Å². The molecule has 10 heteroatoms. The maximum Gasteiger partial charge on any atom is 0.301 e. The molecule has 200 valence electrons. The maximum absolute atomic E-state index is 13.5. The number of ether oxygens (including phenoxy) is 3. The lowest BCUT2D eigenvalue weighted by Crippen LogP contribution is -2.29. The number of anilines is 1. The number of halogens is 1. The fraction of sp³-hybridized carbons (Fsp3) is 0.207. The Balaban J connectivity index is 1.68. The minimum Gasteiger partial charge on any atom is -0.507 e. The summed E-state index contributed by atoms with van der Waals surface area (Å²) in [7, 11) is 3.02. The molecule has 0 radical (unpaired) electrons. The van der Waals surface area contributed by atoms with Crippen LogP contribution < -0.4 is 19.1 Å². The van der Waals surface area contributed by atoms with Gasteiger partial charge in [0, 0.05) is 10.6 Å². The predicted octanol–water partition coefficient (Wildman–Crippen LogP) is 6.38. The smallest absolute Gasteiger partial charge is 0.301 e. The van der Waals surface area contributed by atoms with Gasteiger partial charge in [0.2, 0.25) is 0 Å². The van der Waals surface area contributed by atoms with Crippen LogP contribution in [0.2, 0.25) is 5.02 Å². The number of carbonyl (C=O) groups is 2. The Bertz CT molecular complexity index is 1600. The number of Topliss-reactive ketones (excluding diaryl/α,β-unsaturated/α-hetero) is 1. The third-order valence-corrected chi connectivity index (χ3v) is 7.57. The van der Waals surface area contributed by atoms with Gasteiger partial charge in [0.15, 0.2) is 16.6 Å². The molecule has 1 atom stereocenters. The van der Waals surface area contributed by atoms with Crippen molar-refractivity contribution in [3.63, 3.8) is 0 Å². The molecule has 1 aliphatic rings. The topological polar surface area (TPSA) is 98.2 Å². The molecule has 1 unspecified atom stereocenters. The van der Waals surface area contributed by atoms with Gasteiger partial charge in [-0.2, -0.15) is 0 Å². The highest BCUT2D eigenvalue weighted by Crippen LogP contribution is 2.46. The number of amides is 1. The minimum absolute atomic E-state index is 0.0632. The standard InChI is InChI=1S/C29H25ClN2O6S/c1-4-13-38-19-9-5-16(6-10-19)26(33)24-25(17-7-12-21(36-2)22(14-17)37-3)32(28(35)27(24)34)29-31-20-11-8-18(30)15-23(20)39-29/h5-12,14-15,25,33H,4,13H2,1-3H3. The van der Waals surface area contributed by atoms with Crippen LogP contribution in [-0.4, -0.2) is 42.6 Å². The number of aliphatic hydroxyl groups excluding tert-OH is 1. The molecule has 1 amide bonds. The van der Waals surface area contributed by atoms with E-state index in [1.54, 1.807) is 60.7 Å². The molecule has 1 N–H and O–H groups in total. The number of methoxy groups -OCH3 is 2. The predicted molar refractivity (Wildman–Crippen MR) is 151 cm³/mol. The summed E-state index contributed by atoms with van der Waals surface area (Å²) in [5.74, 6) is -0.398. The van der Waals surface area contributed by atoms with Crippen molar-refractivity contribution >= 4 is 55.7 Å². The van der Waals surface area contributed by atoms with Crippen molar-refractivity contribution in [2.75, 3.05) is 25.7 Å². The zero-order valence-corrected chi connectivity index (χ0v) is 23.0. The molecule has 0 saturated carbocycles. The third kappa shape index (κ3) is 4.91. The fourth-order valence-corrected chi connectivity index (χ4v) is 5.71. The molecule has 39 heavy (non-hydrogen) atoms. The van der Waals surface area contributed by atoms with Gasteiger partial charge in [0.25, 0.3) is 5.78 Å². The maximum atomic E-state index is 13.5. The van der Waals surface area contributed by atoms with E-state index in [0.717, 1.165) is 11.1 Å². The van der Waals surface area contributed by atoms with E-state index in [4.69, 9.17) is 25.8 Å². The Morgan fingerprint density at radius 1 is 1.03 bits per heavy atom. The first-order chi connectivity index (χ1) is 18.9. The lowest BCUT2D eigenvalue weighted by atomic mass is 9.95. The van der Waals surface area contributed by atoms with E-state index in [-0.39, 0.29) is 11.3 Å². The quantitative estimate of drug-likeness (QED) is 0.150. The Labute approximate surface area is 234 Å². The number of ketones is 1. The molecule has 1 fully saturated rings. The molecule has 8 nitrogen and oxygen atoms in total. The third-order valence-electron chi connectivity index (χ3n) is 6.31. The van der Waals surface area contributed by atoms with Crippen LogP contribution in [0.1, 0.15) is 30.5 Å². The number of rotatable bonds is 8. The van der Waals surface area contributed by atoms with Crippen LogP contribution in [0.25, 0.3) is 16.0 Å². The van der Waals surface area contributed by atoms with Gasteiger partial charge >= 0.3 is 5.91 Å². The Morgan fingerprint density at radius 2 is 1.77 bits per heavy atom. The van der Waals surface area contributed by atoms with E-state index < -0.39 is 17.7 Å². The number of benzene rings is 3. The number of nitrogens with zero attached hydrogens (tertiary/aromatic N) is 2. The molecule has 4 aromatic rings. The number of aromatic nitrogens is 1. The zero-order chi connectivity index (χ0) is 27.7. The molecular weight excluding hydrogens is 540 g/mol. The van der Waals surface area contributed by atoms with Crippen LogP contribution >= 0.6 is 22.9 Å².